The first-order chi connectivity index (χ1) is 9.00. The number of hydrogen-bond acceptors (Lipinski definition) is 2. The predicted octanol–water partition coefficient (Wildman–Crippen LogP) is 2.13. The van der Waals surface area contributed by atoms with Gasteiger partial charge in [-0.2, -0.15) is 0 Å². The van der Waals surface area contributed by atoms with Crippen molar-refractivity contribution in [3.05, 3.63) is 47.6 Å². The second kappa shape index (κ2) is 5.14. The average molecular weight is 260 g/mol. The van der Waals surface area contributed by atoms with Crippen LogP contribution in [0.5, 0.6) is 0 Å². The molecule has 0 aliphatic rings. The molecule has 2 rings (SSSR count). The van der Waals surface area contributed by atoms with E-state index < -0.39 is 5.97 Å². The summed E-state index contributed by atoms with van der Waals surface area (Å²) < 4.78 is 2.51. The Morgan fingerprint density at radius 3 is 2.63 bits per heavy atom. The lowest BCUT2D eigenvalue weighted by Gasteiger charge is -2.08. The van der Waals surface area contributed by atoms with Crippen molar-refractivity contribution >= 4 is 5.97 Å². The van der Waals surface area contributed by atoms with Crippen molar-refractivity contribution < 1.29 is 14.6 Å². The minimum absolute atomic E-state index is 0.0199. The molecule has 0 aliphatic carbocycles. The lowest BCUT2D eigenvalue weighted by Crippen LogP contribution is -2.26. The minimum Gasteiger partial charge on any atom is -0.711 e. The smallest absolute Gasteiger partial charge is 0.307 e. The highest BCUT2D eigenvalue weighted by Gasteiger charge is 2.24. The second-order valence-corrected chi connectivity index (χ2v) is 4.60. The van der Waals surface area contributed by atoms with Crippen LogP contribution in [-0.2, 0) is 4.79 Å². The van der Waals surface area contributed by atoms with E-state index in [1.54, 1.807) is 18.4 Å². The van der Waals surface area contributed by atoms with Crippen LogP contribution in [0, 0.1) is 12.1 Å². The number of carbonyl (C=O) groups is 1. The number of hydrogen-bond donors (Lipinski definition) is 1. The third-order valence-electron chi connectivity index (χ3n) is 3.15. The molecule has 1 aromatic carbocycles. The normalized spacial score (nSPS) is 12.3. The zero-order chi connectivity index (χ0) is 14.0. The number of rotatable bonds is 4. The molecule has 19 heavy (non-hydrogen) atoms. The van der Waals surface area contributed by atoms with Gasteiger partial charge >= 0.3 is 5.97 Å². The van der Waals surface area contributed by atoms with E-state index in [0.717, 1.165) is 16.0 Å². The Hall–Kier alpha value is -2.30. The summed E-state index contributed by atoms with van der Waals surface area (Å²) in [6.45, 7) is 3.53. The molecule has 1 aromatic heterocycles. The lowest BCUT2D eigenvalue weighted by molar-refractivity contribution is -0.611. The van der Waals surface area contributed by atoms with Gasteiger partial charge in [0.05, 0.1) is 6.42 Å². The Bertz CT molecular complexity index is 590. The molecule has 0 saturated carbocycles. The summed E-state index contributed by atoms with van der Waals surface area (Å²) in [5.41, 5.74) is 2.25. The first kappa shape index (κ1) is 13.1. The number of carboxylic acid groups (broad SMARTS) is 1. The maximum atomic E-state index is 11.8. The zero-order valence-corrected chi connectivity index (χ0v) is 10.9. The monoisotopic (exact) mass is 260 g/mol. The van der Waals surface area contributed by atoms with E-state index in [-0.39, 0.29) is 12.5 Å². The molecule has 0 spiro atoms. The highest BCUT2D eigenvalue weighted by atomic mass is 16.5. The van der Waals surface area contributed by atoms with Gasteiger partial charge in [0.2, 0.25) is 6.33 Å². The van der Waals surface area contributed by atoms with Gasteiger partial charge < -0.3 is 10.3 Å². The summed E-state index contributed by atoms with van der Waals surface area (Å²) in [5, 5.41) is 20.7. The Balaban J connectivity index is 2.51. The molecule has 1 unspecified atom stereocenters. The van der Waals surface area contributed by atoms with Crippen molar-refractivity contribution in [2.75, 3.05) is 0 Å². The van der Waals surface area contributed by atoms with E-state index in [0.29, 0.717) is 5.69 Å². The number of imidazole rings is 1. The van der Waals surface area contributed by atoms with E-state index in [1.165, 1.54) is 6.33 Å². The van der Waals surface area contributed by atoms with Crippen LogP contribution in [0.3, 0.4) is 0 Å². The molecule has 100 valence electrons. The number of carboxylic acids is 1. The molecule has 5 heteroatoms. The molecule has 2 aromatic rings. The molecule has 1 N–H and O–H groups in total. The van der Waals surface area contributed by atoms with E-state index >= 15 is 0 Å². The molecule has 5 nitrogen and oxygen atoms in total. The van der Waals surface area contributed by atoms with Gasteiger partial charge in [-0.15, -0.1) is 0 Å². The molecular weight excluding hydrogens is 244 g/mol. The molecule has 0 bridgehead atoms. The standard InChI is InChI=1S/C14H16N2O3/c1-10(8-13(17)18)15-9-16(19)11(2)14(15)12-6-4-3-5-7-12/h3-7,9-10H,8H2,1-2H3,(H,17,18). The van der Waals surface area contributed by atoms with Gasteiger partial charge in [0.25, 0.3) is 0 Å². The number of aliphatic carboxylic acids is 1. The highest BCUT2D eigenvalue weighted by Crippen LogP contribution is 2.26. The SMILES string of the molecule is Cc1c(-c2ccccc2)n(C(C)CC(=O)O)c[n+]1[O-]. The minimum atomic E-state index is -0.879. The number of nitrogens with zero attached hydrogens (tertiary/aromatic N) is 2. The van der Waals surface area contributed by atoms with Crippen LogP contribution in [0.2, 0.25) is 0 Å². The Kier molecular flexibility index (Phi) is 3.55. The summed E-state index contributed by atoms with van der Waals surface area (Å²) in [4.78, 5) is 10.8. The Morgan fingerprint density at radius 2 is 2.05 bits per heavy atom. The van der Waals surface area contributed by atoms with Crippen LogP contribution in [0.15, 0.2) is 36.7 Å². The topological polar surface area (TPSA) is 69.2 Å². The van der Waals surface area contributed by atoms with E-state index in [4.69, 9.17) is 5.11 Å². The van der Waals surface area contributed by atoms with Gasteiger partial charge in [0.1, 0.15) is 6.04 Å². The van der Waals surface area contributed by atoms with Crippen LogP contribution >= 0.6 is 0 Å². The summed E-state index contributed by atoms with van der Waals surface area (Å²) in [7, 11) is 0. The molecule has 0 saturated heterocycles. The third-order valence-corrected chi connectivity index (χ3v) is 3.15. The van der Waals surface area contributed by atoms with Crippen molar-refractivity contribution in [3.63, 3.8) is 0 Å². The fourth-order valence-corrected chi connectivity index (χ4v) is 2.19. The molecule has 1 atom stereocenters. The van der Waals surface area contributed by atoms with E-state index in [2.05, 4.69) is 0 Å². The number of benzene rings is 1. The van der Waals surface area contributed by atoms with Crippen molar-refractivity contribution in [2.45, 2.75) is 26.3 Å². The molecule has 1 heterocycles. The first-order valence-corrected chi connectivity index (χ1v) is 6.08. The molecule has 0 aliphatic heterocycles. The fourth-order valence-electron chi connectivity index (χ4n) is 2.19. The van der Waals surface area contributed by atoms with E-state index in [9.17, 15) is 10.0 Å². The maximum absolute atomic E-state index is 11.8. The fraction of sp³-hybridized carbons (Fsp3) is 0.286. The van der Waals surface area contributed by atoms with Crippen LogP contribution in [-0.4, -0.2) is 15.6 Å². The summed E-state index contributed by atoms with van der Waals surface area (Å²) in [6, 6.07) is 9.23. The van der Waals surface area contributed by atoms with Gasteiger partial charge in [-0.1, -0.05) is 30.3 Å². The van der Waals surface area contributed by atoms with Crippen LogP contribution in [0.25, 0.3) is 11.3 Å². The predicted molar refractivity (Wildman–Crippen MR) is 70.5 cm³/mol. The Labute approximate surface area is 111 Å². The maximum Gasteiger partial charge on any atom is 0.307 e. The lowest BCUT2D eigenvalue weighted by atomic mass is 10.1. The summed E-state index contributed by atoms with van der Waals surface area (Å²) >= 11 is 0. The van der Waals surface area contributed by atoms with Crippen molar-refractivity contribution in [2.24, 2.45) is 0 Å². The Morgan fingerprint density at radius 1 is 1.42 bits per heavy atom. The van der Waals surface area contributed by atoms with Gasteiger partial charge in [0.15, 0.2) is 11.4 Å². The molecular formula is C14H16N2O3. The largest absolute Gasteiger partial charge is 0.711 e. The van der Waals surface area contributed by atoms with Crippen molar-refractivity contribution in [1.29, 1.82) is 0 Å². The summed E-state index contributed by atoms with van der Waals surface area (Å²) in [6.07, 6.45) is 1.39. The quantitative estimate of drug-likeness (QED) is 0.676. The molecule has 0 amide bonds. The highest BCUT2D eigenvalue weighted by molar-refractivity contribution is 5.68. The van der Waals surface area contributed by atoms with Gasteiger partial charge in [0, 0.05) is 12.5 Å². The van der Waals surface area contributed by atoms with Crippen LogP contribution in [0.1, 0.15) is 25.1 Å². The van der Waals surface area contributed by atoms with Gasteiger partial charge in [-0.3, -0.25) is 4.79 Å². The first-order valence-electron chi connectivity index (χ1n) is 6.08. The van der Waals surface area contributed by atoms with Crippen LogP contribution in [0.4, 0.5) is 0 Å². The zero-order valence-electron chi connectivity index (χ0n) is 10.9. The van der Waals surface area contributed by atoms with Crippen molar-refractivity contribution in [1.82, 2.24) is 4.57 Å². The summed E-state index contributed by atoms with van der Waals surface area (Å²) in [5.74, 6) is -0.879. The van der Waals surface area contributed by atoms with E-state index in [1.807, 2.05) is 30.3 Å². The van der Waals surface area contributed by atoms with Gasteiger partial charge in [-0.05, 0) is 6.92 Å². The van der Waals surface area contributed by atoms with Gasteiger partial charge in [-0.25, -0.2) is 9.30 Å². The third kappa shape index (κ3) is 2.59. The second-order valence-electron chi connectivity index (χ2n) is 4.60. The molecule has 0 fully saturated rings. The van der Waals surface area contributed by atoms with Crippen LogP contribution < -0.4 is 4.73 Å². The number of aromatic nitrogens is 2. The average Bonchev–Trinajstić information content (AvgIpc) is 2.66. The molecule has 0 radical (unpaired) electrons. The van der Waals surface area contributed by atoms with Crippen molar-refractivity contribution in [3.8, 4) is 11.3 Å².